The van der Waals surface area contributed by atoms with E-state index < -0.39 is 0 Å². The monoisotopic (exact) mass is 265 g/mol. The fourth-order valence-corrected chi connectivity index (χ4v) is 1.33. The second-order valence-corrected chi connectivity index (χ2v) is 3.70. The molecule has 0 amide bonds. The largest absolute Gasteiger partial charge is 0.438 e. The normalized spacial score (nSPS) is 9.93. The lowest BCUT2D eigenvalue weighted by Gasteiger charge is -2.05. The highest BCUT2D eigenvalue weighted by atomic mass is 79.9. The Morgan fingerprint density at radius 3 is 2.60 bits per heavy atom. The van der Waals surface area contributed by atoms with E-state index >= 15 is 0 Å². The number of aromatic nitrogens is 2. The zero-order chi connectivity index (χ0) is 10.7. The Bertz CT molecular complexity index is 458. The Balaban J connectivity index is 2.22. The van der Waals surface area contributed by atoms with E-state index in [1.54, 1.807) is 30.5 Å². The summed E-state index contributed by atoms with van der Waals surface area (Å²) in [5.74, 6) is 1.17. The second kappa shape index (κ2) is 4.27. The van der Waals surface area contributed by atoms with Gasteiger partial charge in [0.05, 0.1) is 4.47 Å². The third-order valence-electron chi connectivity index (χ3n) is 1.73. The molecule has 0 saturated heterocycles. The lowest BCUT2D eigenvalue weighted by Crippen LogP contribution is -1.90. The van der Waals surface area contributed by atoms with Gasteiger partial charge in [0.25, 0.3) is 0 Å². The van der Waals surface area contributed by atoms with Crippen LogP contribution in [0.5, 0.6) is 11.6 Å². The number of nitrogens with two attached hydrogens (primary N) is 1. The third-order valence-corrected chi connectivity index (χ3v) is 2.27. The molecule has 2 N–H and O–H groups in total. The van der Waals surface area contributed by atoms with Gasteiger partial charge in [-0.15, -0.1) is 0 Å². The summed E-state index contributed by atoms with van der Waals surface area (Å²) in [6.07, 6.45) is 3.05. The molecule has 0 radical (unpaired) electrons. The van der Waals surface area contributed by atoms with Crippen molar-refractivity contribution in [1.29, 1.82) is 0 Å². The van der Waals surface area contributed by atoms with Crippen molar-refractivity contribution in [3.63, 3.8) is 0 Å². The quantitative estimate of drug-likeness (QED) is 0.849. The molecule has 1 aromatic heterocycles. The molecule has 1 aromatic carbocycles. The first-order chi connectivity index (χ1) is 7.25. The van der Waals surface area contributed by atoms with Crippen molar-refractivity contribution >= 4 is 21.6 Å². The number of nitrogens with zero attached hydrogens (tertiary/aromatic N) is 2. The highest BCUT2D eigenvalue weighted by Gasteiger charge is 2.02. The number of anilines is 1. The van der Waals surface area contributed by atoms with Crippen LogP contribution in [0.25, 0.3) is 0 Å². The van der Waals surface area contributed by atoms with Gasteiger partial charge in [-0.05, 0) is 40.2 Å². The molecular weight excluding hydrogens is 258 g/mol. The Labute approximate surface area is 95.2 Å². The Morgan fingerprint density at radius 2 is 1.93 bits per heavy atom. The van der Waals surface area contributed by atoms with E-state index in [-0.39, 0.29) is 0 Å². The SMILES string of the molecule is Nc1ccc(Oc2ncncc2Br)cc1. The Kier molecular flexibility index (Phi) is 2.82. The minimum Gasteiger partial charge on any atom is -0.438 e. The smallest absolute Gasteiger partial charge is 0.236 e. The molecule has 4 nitrogen and oxygen atoms in total. The van der Waals surface area contributed by atoms with E-state index in [1.165, 1.54) is 6.33 Å². The summed E-state index contributed by atoms with van der Waals surface area (Å²) in [7, 11) is 0. The van der Waals surface area contributed by atoms with E-state index in [9.17, 15) is 0 Å². The fourth-order valence-electron chi connectivity index (χ4n) is 1.02. The van der Waals surface area contributed by atoms with Crippen molar-refractivity contribution in [3.05, 3.63) is 41.3 Å². The molecule has 0 bridgehead atoms. The molecular formula is C10H8BrN3O. The summed E-state index contributed by atoms with van der Waals surface area (Å²) in [5, 5.41) is 0. The van der Waals surface area contributed by atoms with Crippen molar-refractivity contribution in [2.75, 3.05) is 5.73 Å². The molecule has 0 aliphatic carbocycles. The summed E-state index contributed by atoms with van der Waals surface area (Å²) < 4.78 is 6.22. The minimum atomic E-state index is 0.481. The highest BCUT2D eigenvalue weighted by molar-refractivity contribution is 9.10. The topological polar surface area (TPSA) is 61.0 Å². The van der Waals surface area contributed by atoms with Crippen molar-refractivity contribution in [2.45, 2.75) is 0 Å². The molecule has 0 unspecified atom stereocenters. The van der Waals surface area contributed by atoms with Gasteiger partial charge in [0, 0.05) is 11.9 Å². The van der Waals surface area contributed by atoms with Crippen molar-refractivity contribution in [3.8, 4) is 11.6 Å². The molecule has 2 aromatic rings. The van der Waals surface area contributed by atoms with Crippen molar-refractivity contribution in [2.24, 2.45) is 0 Å². The summed E-state index contributed by atoms with van der Waals surface area (Å²) in [6.45, 7) is 0. The number of hydrogen-bond acceptors (Lipinski definition) is 4. The number of ether oxygens (including phenoxy) is 1. The van der Waals surface area contributed by atoms with Gasteiger partial charge >= 0.3 is 0 Å². The summed E-state index contributed by atoms with van der Waals surface area (Å²) >= 11 is 3.29. The average Bonchev–Trinajstić information content (AvgIpc) is 2.25. The van der Waals surface area contributed by atoms with Crippen LogP contribution in [0.2, 0.25) is 0 Å². The van der Waals surface area contributed by atoms with Gasteiger partial charge in [0.1, 0.15) is 12.1 Å². The van der Waals surface area contributed by atoms with Crippen molar-refractivity contribution in [1.82, 2.24) is 9.97 Å². The number of rotatable bonds is 2. The number of nitrogen functional groups attached to an aromatic ring is 1. The van der Waals surface area contributed by atoms with Crippen LogP contribution in [0.1, 0.15) is 0 Å². The first-order valence-electron chi connectivity index (χ1n) is 4.24. The number of halogens is 1. The van der Waals surface area contributed by atoms with Crippen LogP contribution in [-0.2, 0) is 0 Å². The van der Waals surface area contributed by atoms with Gasteiger partial charge in [0.15, 0.2) is 0 Å². The van der Waals surface area contributed by atoms with Crippen LogP contribution in [0.15, 0.2) is 41.3 Å². The van der Waals surface area contributed by atoms with E-state index in [2.05, 4.69) is 25.9 Å². The number of benzene rings is 1. The molecule has 0 fully saturated rings. The molecule has 0 saturated carbocycles. The highest BCUT2D eigenvalue weighted by Crippen LogP contribution is 2.26. The van der Waals surface area contributed by atoms with Crippen molar-refractivity contribution < 1.29 is 4.74 Å². The van der Waals surface area contributed by atoms with Crippen LogP contribution in [-0.4, -0.2) is 9.97 Å². The summed E-state index contributed by atoms with van der Waals surface area (Å²) in [5.41, 5.74) is 6.26. The van der Waals surface area contributed by atoms with E-state index in [0.717, 1.165) is 0 Å². The van der Waals surface area contributed by atoms with Gasteiger partial charge in [-0.25, -0.2) is 9.97 Å². The molecule has 0 aliphatic rings. The van der Waals surface area contributed by atoms with E-state index in [1.807, 2.05) is 0 Å². The fraction of sp³-hybridized carbons (Fsp3) is 0. The molecule has 0 atom stereocenters. The van der Waals surface area contributed by atoms with Gasteiger partial charge in [-0.1, -0.05) is 0 Å². The summed E-state index contributed by atoms with van der Waals surface area (Å²) in [4.78, 5) is 7.83. The predicted molar refractivity (Wildman–Crippen MR) is 60.7 cm³/mol. The number of hydrogen-bond donors (Lipinski definition) is 1. The standard InChI is InChI=1S/C10H8BrN3O/c11-9-5-13-6-14-10(9)15-8-3-1-7(12)2-4-8/h1-6H,12H2. The maximum Gasteiger partial charge on any atom is 0.236 e. The second-order valence-electron chi connectivity index (χ2n) is 2.85. The molecule has 76 valence electrons. The molecule has 5 heteroatoms. The maximum atomic E-state index is 5.56. The Morgan fingerprint density at radius 1 is 1.20 bits per heavy atom. The van der Waals surface area contributed by atoms with Crippen LogP contribution >= 0.6 is 15.9 Å². The minimum absolute atomic E-state index is 0.481. The lowest BCUT2D eigenvalue weighted by molar-refractivity contribution is 0.458. The Hall–Kier alpha value is -1.62. The van der Waals surface area contributed by atoms with Crippen LogP contribution in [0, 0.1) is 0 Å². The van der Waals surface area contributed by atoms with Crippen LogP contribution in [0.4, 0.5) is 5.69 Å². The van der Waals surface area contributed by atoms with Crippen LogP contribution < -0.4 is 10.5 Å². The first kappa shape index (κ1) is 9.92. The maximum absolute atomic E-state index is 5.56. The summed E-state index contributed by atoms with van der Waals surface area (Å²) in [6, 6.07) is 7.10. The van der Waals surface area contributed by atoms with Gasteiger partial charge < -0.3 is 10.5 Å². The molecule has 1 heterocycles. The van der Waals surface area contributed by atoms with E-state index in [0.29, 0.717) is 21.8 Å². The van der Waals surface area contributed by atoms with Gasteiger partial charge in [-0.2, -0.15) is 0 Å². The zero-order valence-corrected chi connectivity index (χ0v) is 9.31. The average molecular weight is 266 g/mol. The van der Waals surface area contributed by atoms with E-state index in [4.69, 9.17) is 10.5 Å². The molecule has 2 rings (SSSR count). The van der Waals surface area contributed by atoms with Crippen LogP contribution in [0.3, 0.4) is 0 Å². The predicted octanol–water partition coefficient (Wildman–Crippen LogP) is 2.61. The first-order valence-corrected chi connectivity index (χ1v) is 5.04. The van der Waals surface area contributed by atoms with Gasteiger partial charge in [-0.3, -0.25) is 0 Å². The molecule has 0 aliphatic heterocycles. The third kappa shape index (κ3) is 2.44. The lowest BCUT2D eigenvalue weighted by atomic mass is 10.3. The molecule has 15 heavy (non-hydrogen) atoms. The zero-order valence-electron chi connectivity index (χ0n) is 7.72. The molecule has 0 spiro atoms. The van der Waals surface area contributed by atoms with Gasteiger partial charge in [0.2, 0.25) is 5.88 Å².